The van der Waals surface area contributed by atoms with Gasteiger partial charge in [-0.05, 0) is 60.6 Å². The Balaban J connectivity index is 1.47. The fraction of sp³-hybridized carbons (Fsp3) is 0.240. The van der Waals surface area contributed by atoms with Gasteiger partial charge >= 0.3 is 0 Å². The molecule has 1 N–H and O–H groups in total. The van der Waals surface area contributed by atoms with Gasteiger partial charge in [-0.25, -0.2) is 0 Å². The van der Waals surface area contributed by atoms with Crippen LogP contribution in [-0.4, -0.2) is 46.4 Å². The fourth-order valence-corrected chi connectivity index (χ4v) is 4.17. The second-order valence-corrected chi connectivity index (χ2v) is 8.08. The van der Waals surface area contributed by atoms with Crippen molar-refractivity contribution in [1.29, 1.82) is 0 Å². The molecule has 0 unspecified atom stereocenters. The number of furan rings is 1. The number of nitrogens with zero attached hydrogens (tertiary/aromatic N) is 2. The first-order valence-corrected chi connectivity index (χ1v) is 11.1. The molecule has 1 fully saturated rings. The van der Waals surface area contributed by atoms with Crippen LogP contribution in [0.1, 0.15) is 17.7 Å². The maximum absolute atomic E-state index is 13.3. The average molecular weight is 464 g/mol. The molecule has 170 valence electrons. The molecule has 1 atom stereocenters. The molecule has 7 nitrogen and oxygen atoms in total. The van der Waals surface area contributed by atoms with Crippen molar-refractivity contribution in [3.05, 3.63) is 84.3 Å². The lowest BCUT2D eigenvalue weighted by Gasteiger charge is -2.22. The van der Waals surface area contributed by atoms with E-state index in [0.717, 1.165) is 5.56 Å². The smallest absolute Gasteiger partial charge is 0.252 e. The van der Waals surface area contributed by atoms with E-state index in [9.17, 15) is 9.59 Å². The molecule has 0 bridgehead atoms. The van der Waals surface area contributed by atoms with Gasteiger partial charge < -0.3 is 19.4 Å². The van der Waals surface area contributed by atoms with Crippen molar-refractivity contribution in [3.8, 4) is 5.75 Å². The summed E-state index contributed by atoms with van der Waals surface area (Å²) >= 11 is 5.66. The predicted molar refractivity (Wildman–Crippen MR) is 129 cm³/mol. The van der Waals surface area contributed by atoms with Gasteiger partial charge in [-0.3, -0.25) is 14.5 Å². The largest absolute Gasteiger partial charge is 0.497 e. The van der Waals surface area contributed by atoms with E-state index in [1.54, 1.807) is 53.5 Å². The number of carbonyl (C=O) groups excluding carboxylic acids is 2. The number of hydrogen-bond acceptors (Lipinski definition) is 5. The van der Waals surface area contributed by atoms with Crippen molar-refractivity contribution in [3.63, 3.8) is 0 Å². The molecule has 2 aromatic carbocycles. The van der Waals surface area contributed by atoms with Crippen LogP contribution in [-0.2, 0) is 22.6 Å². The standard InChI is InChI=1S/C25H25N3O4S/c1-31-20-11-9-19(10-12-20)26-23(29)16-22-24(30)27(14-13-18-6-3-2-4-7-18)25(33)28(22)17-21-8-5-15-32-21/h2-12,15,22H,13-14,16-17H2,1H3,(H,26,29)/t22-/m0/s1. The van der Waals surface area contributed by atoms with Crippen molar-refractivity contribution in [2.24, 2.45) is 0 Å². The number of nitrogens with one attached hydrogen (secondary N) is 1. The minimum Gasteiger partial charge on any atom is -0.497 e. The van der Waals surface area contributed by atoms with Gasteiger partial charge in [0.2, 0.25) is 5.91 Å². The Kier molecular flexibility index (Phi) is 7.04. The Hall–Kier alpha value is -3.65. The van der Waals surface area contributed by atoms with Crippen molar-refractivity contribution in [1.82, 2.24) is 9.80 Å². The zero-order valence-electron chi connectivity index (χ0n) is 18.3. The van der Waals surface area contributed by atoms with Gasteiger partial charge in [0, 0.05) is 12.2 Å². The summed E-state index contributed by atoms with van der Waals surface area (Å²) in [6.07, 6.45) is 2.23. The first-order valence-electron chi connectivity index (χ1n) is 10.7. The van der Waals surface area contributed by atoms with Crippen LogP contribution < -0.4 is 10.1 Å². The zero-order chi connectivity index (χ0) is 23.2. The van der Waals surface area contributed by atoms with Gasteiger partial charge in [-0.15, -0.1) is 0 Å². The summed E-state index contributed by atoms with van der Waals surface area (Å²) < 4.78 is 10.6. The molecule has 0 radical (unpaired) electrons. The Labute approximate surface area is 197 Å². The van der Waals surface area contributed by atoms with E-state index in [0.29, 0.717) is 41.8 Å². The number of anilines is 1. The van der Waals surface area contributed by atoms with Crippen molar-refractivity contribution in [2.45, 2.75) is 25.4 Å². The van der Waals surface area contributed by atoms with Crippen LogP contribution in [0.15, 0.2) is 77.4 Å². The lowest BCUT2D eigenvalue weighted by Crippen LogP contribution is -2.37. The number of rotatable bonds is 9. The first kappa shape index (κ1) is 22.5. The fourth-order valence-electron chi connectivity index (χ4n) is 3.79. The number of methoxy groups -OCH3 is 1. The van der Waals surface area contributed by atoms with E-state index < -0.39 is 6.04 Å². The number of thiocarbonyl (C=S) groups is 1. The van der Waals surface area contributed by atoms with E-state index in [2.05, 4.69) is 5.32 Å². The number of hydrogen-bond donors (Lipinski definition) is 1. The van der Waals surface area contributed by atoms with Crippen LogP contribution in [0.5, 0.6) is 5.75 Å². The maximum atomic E-state index is 13.3. The third-order valence-corrected chi connectivity index (χ3v) is 5.98. The molecule has 0 spiro atoms. The van der Waals surface area contributed by atoms with E-state index in [1.165, 1.54) is 0 Å². The summed E-state index contributed by atoms with van der Waals surface area (Å²) in [5.41, 5.74) is 1.75. The third-order valence-electron chi connectivity index (χ3n) is 5.53. The van der Waals surface area contributed by atoms with Crippen LogP contribution >= 0.6 is 12.2 Å². The minimum atomic E-state index is -0.698. The van der Waals surface area contributed by atoms with Gasteiger partial charge in [0.1, 0.15) is 17.6 Å². The predicted octanol–water partition coefficient (Wildman–Crippen LogP) is 3.86. The molecule has 33 heavy (non-hydrogen) atoms. The molecule has 1 saturated heterocycles. The van der Waals surface area contributed by atoms with E-state index in [4.69, 9.17) is 21.4 Å². The van der Waals surface area contributed by atoms with Crippen LogP contribution in [0.2, 0.25) is 0 Å². The lowest BCUT2D eigenvalue weighted by atomic mass is 10.1. The van der Waals surface area contributed by atoms with E-state index in [1.807, 2.05) is 36.4 Å². The van der Waals surface area contributed by atoms with Gasteiger partial charge in [-0.2, -0.15) is 0 Å². The zero-order valence-corrected chi connectivity index (χ0v) is 19.1. The molecule has 1 aromatic heterocycles. The molecule has 0 aliphatic carbocycles. The first-order chi connectivity index (χ1) is 16.0. The SMILES string of the molecule is COc1ccc(NC(=O)C[C@H]2C(=O)N(CCc3ccccc3)C(=S)N2Cc2ccco2)cc1. The molecule has 2 amide bonds. The Bertz CT molecular complexity index is 1100. The Morgan fingerprint density at radius 3 is 2.52 bits per heavy atom. The molecular formula is C25H25N3O4S. The van der Waals surface area contributed by atoms with Crippen LogP contribution in [0.25, 0.3) is 0 Å². The normalized spacial score (nSPS) is 15.7. The molecular weight excluding hydrogens is 438 g/mol. The molecule has 3 aromatic rings. The summed E-state index contributed by atoms with van der Waals surface area (Å²) in [6.45, 7) is 0.771. The Morgan fingerprint density at radius 2 is 1.85 bits per heavy atom. The highest BCUT2D eigenvalue weighted by Crippen LogP contribution is 2.25. The van der Waals surface area contributed by atoms with Gasteiger partial charge in [0.25, 0.3) is 5.91 Å². The number of ether oxygens (including phenoxy) is 1. The second-order valence-electron chi connectivity index (χ2n) is 7.71. The highest BCUT2D eigenvalue weighted by atomic mass is 32.1. The van der Waals surface area contributed by atoms with Crippen molar-refractivity contribution >= 4 is 34.8 Å². The van der Waals surface area contributed by atoms with Gasteiger partial charge in [0.15, 0.2) is 5.11 Å². The molecule has 8 heteroatoms. The second kappa shape index (κ2) is 10.3. The summed E-state index contributed by atoms with van der Waals surface area (Å²) in [6, 6.07) is 19.9. The summed E-state index contributed by atoms with van der Waals surface area (Å²) in [5.74, 6) is 0.932. The summed E-state index contributed by atoms with van der Waals surface area (Å²) in [7, 11) is 1.58. The molecule has 1 aliphatic heterocycles. The molecule has 1 aliphatic rings. The highest BCUT2D eigenvalue weighted by molar-refractivity contribution is 7.80. The van der Waals surface area contributed by atoms with Gasteiger partial charge in [-0.1, -0.05) is 30.3 Å². The summed E-state index contributed by atoms with van der Waals surface area (Å²) in [5, 5.41) is 3.26. The van der Waals surface area contributed by atoms with E-state index >= 15 is 0 Å². The maximum Gasteiger partial charge on any atom is 0.252 e. The Morgan fingerprint density at radius 1 is 1.09 bits per heavy atom. The lowest BCUT2D eigenvalue weighted by molar-refractivity contribution is -0.130. The molecule has 0 saturated carbocycles. The molecule has 4 rings (SSSR count). The molecule has 2 heterocycles. The number of amides is 2. The average Bonchev–Trinajstić information content (AvgIpc) is 3.42. The monoisotopic (exact) mass is 463 g/mol. The van der Waals surface area contributed by atoms with Crippen LogP contribution in [0.3, 0.4) is 0 Å². The van der Waals surface area contributed by atoms with Crippen LogP contribution in [0, 0.1) is 0 Å². The third kappa shape index (κ3) is 5.40. The summed E-state index contributed by atoms with van der Waals surface area (Å²) in [4.78, 5) is 29.5. The number of carbonyl (C=O) groups is 2. The van der Waals surface area contributed by atoms with Crippen molar-refractivity contribution in [2.75, 3.05) is 19.0 Å². The topological polar surface area (TPSA) is 75.0 Å². The van der Waals surface area contributed by atoms with Crippen LogP contribution in [0.4, 0.5) is 5.69 Å². The van der Waals surface area contributed by atoms with Crippen molar-refractivity contribution < 1.29 is 18.7 Å². The minimum absolute atomic E-state index is 0.0203. The highest BCUT2D eigenvalue weighted by Gasteiger charge is 2.43. The quantitative estimate of drug-likeness (QED) is 0.486. The van der Waals surface area contributed by atoms with E-state index in [-0.39, 0.29) is 18.2 Å². The number of benzene rings is 2. The van der Waals surface area contributed by atoms with Gasteiger partial charge in [0.05, 0.1) is 26.3 Å².